The number of hydrogen-bond acceptors (Lipinski definition) is 3. The third-order valence-electron chi connectivity index (χ3n) is 2.43. The summed E-state index contributed by atoms with van der Waals surface area (Å²) in [7, 11) is -4.05. The number of rotatable bonds is 7. The monoisotopic (exact) mass is 291 g/mol. The predicted octanol–water partition coefficient (Wildman–Crippen LogP) is 1.50. The molecular weight excluding hydrogens is 275 g/mol. The lowest BCUT2D eigenvalue weighted by atomic mass is 10.0. The fraction of sp³-hybridized carbons (Fsp3) is 0.889. The molecule has 18 heavy (non-hydrogen) atoms. The van der Waals surface area contributed by atoms with E-state index in [9.17, 15) is 26.4 Å². The van der Waals surface area contributed by atoms with Crippen LogP contribution in [0.2, 0.25) is 0 Å². The van der Waals surface area contributed by atoms with E-state index in [0.29, 0.717) is 0 Å². The molecule has 0 spiro atoms. The SMILES string of the molecule is CCC(C)(NS(=O)(=O)CCCC(F)(F)F)C(=O)O. The molecule has 0 fully saturated rings. The minimum atomic E-state index is -4.42. The molecule has 0 saturated carbocycles. The summed E-state index contributed by atoms with van der Waals surface area (Å²) in [6, 6.07) is 0. The third-order valence-corrected chi connectivity index (χ3v) is 4.02. The number of carboxylic acids is 1. The Balaban J connectivity index is 4.53. The molecule has 108 valence electrons. The van der Waals surface area contributed by atoms with E-state index in [4.69, 9.17) is 5.11 Å². The molecule has 0 aliphatic rings. The second kappa shape index (κ2) is 5.87. The Morgan fingerprint density at radius 1 is 1.33 bits per heavy atom. The van der Waals surface area contributed by atoms with E-state index in [1.807, 2.05) is 4.72 Å². The summed E-state index contributed by atoms with van der Waals surface area (Å²) < 4.78 is 60.4. The zero-order valence-electron chi connectivity index (χ0n) is 10.0. The van der Waals surface area contributed by atoms with Crippen molar-refractivity contribution >= 4 is 16.0 Å². The summed E-state index contributed by atoms with van der Waals surface area (Å²) in [4.78, 5) is 10.9. The minimum absolute atomic E-state index is 0.0131. The second-order valence-electron chi connectivity index (χ2n) is 4.13. The molecule has 1 unspecified atom stereocenters. The van der Waals surface area contributed by atoms with E-state index in [-0.39, 0.29) is 6.42 Å². The Hall–Kier alpha value is -0.830. The van der Waals surface area contributed by atoms with E-state index >= 15 is 0 Å². The van der Waals surface area contributed by atoms with Gasteiger partial charge in [0, 0.05) is 6.42 Å². The maximum Gasteiger partial charge on any atom is 0.389 e. The van der Waals surface area contributed by atoms with Gasteiger partial charge in [0.25, 0.3) is 0 Å². The van der Waals surface area contributed by atoms with Crippen LogP contribution >= 0.6 is 0 Å². The van der Waals surface area contributed by atoms with Crippen molar-refractivity contribution in [2.75, 3.05) is 5.75 Å². The molecule has 0 radical (unpaired) electrons. The van der Waals surface area contributed by atoms with Gasteiger partial charge in [0.15, 0.2) is 0 Å². The summed E-state index contributed by atoms with van der Waals surface area (Å²) in [5.74, 6) is -2.13. The normalized spacial score (nSPS) is 16.3. The van der Waals surface area contributed by atoms with E-state index in [0.717, 1.165) is 6.92 Å². The zero-order chi connectivity index (χ0) is 14.6. The van der Waals surface area contributed by atoms with Gasteiger partial charge in [0.1, 0.15) is 5.54 Å². The zero-order valence-corrected chi connectivity index (χ0v) is 10.9. The van der Waals surface area contributed by atoms with Crippen LogP contribution in [0.1, 0.15) is 33.1 Å². The van der Waals surface area contributed by atoms with E-state index in [2.05, 4.69) is 0 Å². The molecule has 0 rings (SSSR count). The molecule has 9 heteroatoms. The van der Waals surface area contributed by atoms with Crippen molar-refractivity contribution in [3.8, 4) is 0 Å². The molecule has 0 aliphatic heterocycles. The molecule has 0 bridgehead atoms. The number of aliphatic carboxylic acids is 1. The first kappa shape index (κ1) is 17.2. The topological polar surface area (TPSA) is 83.5 Å². The molecule has 0 amide bonds. The molecule has 0 heterocycles. The van der Waals surface area contributed by atoms with Gasteiger partial charge in [-0.2, -0.15) is 17.9 Å². The lowest BCUT2D eigenvalue weighted by Gasteiger charge is -2.24. The van der Waals surface area contributed by atoms with Crippen LogP contribution in [-0.4, -0.2) is 37.0 Å². The van der Waals surface area contributed by atoms with Crippen LogP contribution in [0, 0.1) is 0 Å². The van der Waals surface area contributed by atoms with Gasteiger partial charge in [-0.1, -0.05) is 6.92 Å². The number of hydrogen-bond donors (Lipinski definition) is 2. The van der Waals surface area contributed by atoms with Crippen molar-refractivity contribution < 1.29 is 31.5 Å². The highest BCUT2D eigenvalue weighted by Gasteiger charge is 2.36. The lowest BCUT2D eigenvalue weighted by molar-refractivity contribution is -0.143. The highest BCUT2D eigenvalue weighted by atomic mass is 32.2. The van der Waals surface area contributed by atoms with Gasteiger partial charge in [0.2, 0.25) is 10.0 Å². The van der Waals surface area contributed by atoms with Gasteiger partial charge in [0.05, 0.1) is 5.75 Å². The van der Waals surface area contributed by atoms with Crippen molar-refractivity contribution in [2.45, 2.75) is 44.8 Å². The highest BCUT2D eigenvalue weighted by Crippen LogP contribution is 2.21. The van der Waals surface area contributed by atoms with Crippen LogP contribution in [0.25, 0.3) is 0 Å². The number of carboxylic acid groups (broad SMARTS) is 1. The average Bonchev–Trinajstić information content (AvgIpc) is 2.13. The summed E-state index contributed by atoms with van der Waals surface area (Å²) in [6.07, 6.45) is -6.25. The number of sulfonamides is 1. The molecule has 0 saturated heterocycles. The van der Waals surface area contributed by atoms with Crippen LogP contribution in [-0.2, 0) is 14.8 Å². The maximum atomic E-state index is 11.9. The van der Waals surface area contributed by atoms with Gasteiger partial charge in [-0.25, -0.2) is 8.42 Å². The van der Waals surface area contributed by atoms with Crippen molar-refractivity contribution in [1.29, 1.82) is 0 Å². The fourth-order valence-corrected chi connectivity index (χ4v) is 2.67. The number of carbonyl (C=O) groups is 1. The molecular formula is C9H16F3NO4S. The lowest BCUT2D eigenvalue weighted by Crippen LogP contribution is -2.52. The van der Waals surface area contributed by atoms with Gasteiger partial charge < -0.3 is 5.11 Å². The molecule has 0 aromatic carbocycles. The van der Waals surface area contributed by atoms with E-state index in [1.165, 1.54) is 6.92 Å². The Morgan fingerprint density at radius 2 is 1.83 bits per heavy atom. The Kier molecular flexibility index (Phi) is 5.60. The number of alkyl halides is 3. The Labute approximate surface area is 103 Å². The molecule has 1 atom stereocenters. The summed E-state index contributed by atoms with van der Waals surface area (Å²) in [6.45, 7) is 2.63. The van der Waals surface area contributed by atoms with Crippen LogP contribution in [0.4, 0.5) is 13.2 Å². The number of nitrogens with one attached hydrogen (secondary N) is 1. The summed E-state index contributed by atoms with van der Waals surface area (Å²) >= 11 is 0. The Morgan fingerprint density at radius 3 is 2.17 bits per heavy atom. The smallest absolute Gasteiger partial charge is 0.389 e. The fourth-order valence-electron chi connectivity index (χ4n) is 1.12. The Bertz CT molecular complexity index is 393. The van der Waals surface area contributed by atoms with Gasteiger partial charge in [-0.15, -0.1) is 0 Å². The molecule has 5 nitrogen and oxygen atoms in total. The second-order valence-corrected chi connectivity index (χ2v) is 5.97. The standard InChI is InChI=1S/C9H16F3NO4S/c1-3-8(2,7(14)15)13-18(16,17)6-4-5-9(10,11)12/h13H,3-6H2,1-2H3,(H,14,15). The third kappa shape index (κ3) is 6.20. The summed E-state index contributed by atoms with van der Waals surface area (Å²) in [5.41, 5.74) is -1.70. The molecule has 0 aliphatic carbocycles. The minimum Gasteiger partial charge on any atom is -0.480 e. The quantitative estimate of drug-likeness (QED) is 0.744. The van der Waals surface area contributed by atoms with Gasteiger partial charge in [-0.3, -0.25) is 4.79 Å². The first-order valence-corrected chi connectivity index (χ1v) is 6.89. The van der Waals surface area contributed by atoms with E-state index in [1.54, 1.807) is 0 Å². The van der Waals surface area contributed by atoms with Crippen LogP contribution in [0.3, 0.4) is 0 Å². The summed E-state index contributed by atoms with van der Waals surface area (Å²) in [5, 5.41) is 8.84. The molecule has 2 N–H and O–H groups in total. The first-order valence-electron chi connectivity index (χ1n) is 5.24. The predicted molar refractivity (Wildman–Crippen MR) is 58.5 cm³/mol. The molecule has 0 aromatic heterocycles. The number of halogens is 3. The van der Waals surface area contributed by atoms with Crippen molar-refractivity contribution in [3.05, 3.63) is 0 Å². The van der Waals surface area contributed by atoms with Crippen molar-refractivity contribution in [3.63, 3.8) is 0 Å². The van der Waals surface area contributed by atoms with Crippen LogP contribution in [0.15, 0.2) is 0 Å². The molecule has 0 aromatic rings. The van der Waals surface area contributed by atoms with Gasteiger partial charge >= 0.3 is 12.1 Å². The van der Waals surface area contributed by atoms with Crippen LogP contribution in [0.5, 0.6) is 0 Å². The van der Waals surface area contributed by atoms with Crippen LogP contribution < -0.4 is 4.72 Å². The maximum absolute atomic E-state index is 11.9. The average molecular weight is 291 g/mol. The first-order chi connectivity index (χ1) is 7.92. The highest BCUT2D eigenvalue weighted by molar-refractivity contribution is 7.89. The largest absolute Gasteiger partial charge is 0.480 e. The van der Waals surface area contributed by atoms with E-state index < -0.39 is 46.3 Å². The van der Waals surface area contributed by atoms with Gasteiger partial charge in [-0.05, 0) is 19.8 Å². The van der Waals surface area contributed by atoms with Crippen molar-refractivity contribution in [1.82, 2.24) is 4.72 Å². The van der Waals surface area contributed by atoms with Crippen molar-refractivity contribution in [2.24, 2.45) is 0 Å².